The molecular formula is C17H22N2. The molecule has 0 N–H and O–H groups in total. The maximum atomic E-state index is 4.79. The van der Waals surface area contributed by atoms with Gasteiger partial charge in [0.1, 0.15) is 5.82 Å². The van der Waals surface area contributed by atoms with Crippen molar-refractivity contribution in [3.63, 3.8) is 0 Å². The summed E-state index contributed by atoms with van der Waals surface area (Å²) in [7, 11) is 0. The van der Waals surface area contributed by atoms with Crippen molar-refractivity contribution in [1.29, 1.82) is 0 Å². The molecule has 1 aliphatic heterocycles. The van der Waals surface area contributed by atoms with Gasteiger partial charge >= 0.3 is 0 Å². The van der Waals surface area contributed by atoms with Crippen LogP contribution in [0.15, 0.2) is 30.5 Å². The van der Waals surface area contributed by atoms with Crippen molar-refractivity contribution >= 4 is 0 Å². The minimum Gasteiger partial charge on any atom is -0.334 e. The van der Waals surface area contributed by atoms with E-state index < -0.39 is 0 Å². The number of hydrogen-bond donors (Lipinski definition) is 0. The highest BCUT2D eigenvalue weighted by atomic mass is 15.1. The Balaban J connectivity index is 1.86. The van der Waals surface area contributed by atoms with Crippen LogP contribution in [-0.4, -0.2) is 9.55 Å². The molecule has 0 bridgehead atoms. The number of hydrogen-bond acceptors (Lipinski definition) is 1. The highest BCUT2D eigenvalue weighted by Crippen LogP contribution is 2.25. The van der Waals surface area contributed by atoms with E-state index in [1.54, 1.807) is 0 Å². The van der Waals surface area contributed by atoms with Crippen LogP contribution < -0.4 is 0 Å². The normalized spacial score (nSPS) is 18.3. The van der Waals surface area contributed by atoms with Crippen LogP contribution in [0.2, 0.25) is 0 Å². The number of rotatable bonds is 3. The molecule has 1 aromatic carbocycles. The summed E-state index contributed by atoms with van der Waals surface area (Å²) in [5.74, 6) is 2.03. The third-order valence-electron chi connectivity index (χ3n) is 4.02. The average molecular weight is 254 g/mol. The lowest BCUT2D eigenvalue weighted by atomic mass is 10.0. The number of nitrogens with zero attached hydrogens (tertiary/aromatic N) is 2. The maximum absolute atomic E-state index is 4.79. The van der Waals surface area contributed by atoms with Gasteiger partial charge in [-0.25, -0.2) is 4.98 Å². The predicted molar refractivity (Wildman–Crippen MR) is 79.1 cm³/mol. The second-order valence-corrected chi connectivity index (χ2v) is 5.79. The Morgan fingerprint density at radius 3 is 2.79 bits per heavy atom. The van der Waals surface area contributed by atoms with Gasteiger partial charge in [0.15, 0.2) is 0 Å². The van der Waals surface area contributed by atoms with E-state index in [4.69, 9.17) is 4.98 Å². The minimum absolute atomic E-state index is 0.779. The number of aromatic nitrogens is 2. The van der Waals surface area contributed by atoms with Crippen molar-refractivity contribution in [3.8, 4) is 11.3 Å². The zero-order chi connectivity index (χ0) is 13.2. The quantitative estimate of drug-likeness (QED) is 0.807. The number of aryl methyl sites for hydroxylation is 2. The Hall–Kier alpha value is -1.57. The Kier molecular flexibility index (Phi) is 3.41. The van der Waals surface area contributed by atoms with Crippen LogP contribution in [-0.2, 0) is 19.4 Å². The highest BCUT2D eigenvalue weighted by Gasteiger charge is 2.17. The molecule has 1 unspecified atom stereocenters. The maximum Gasteiger partial charge on any atom is 0.109 e. The van der Waals surface area contributed by atoms with Gasteiger partial charge in [0.2, 0.25) is 0 Å². The van der Waals surface area contributed by atoms with Crippen molar-refractivity contribution in [2.75, 3.05) is 0 Å². The summed E-state index contributed by atoms with van der Waals surface area (Å²) in [5, 5.41) is 0. The monoisotopic (exact) mass is 254 g/mol. The second-order valence-electron chi connectivity index (χ2n) is 5.79. The fraction of sp³-hybridized carbons (Fsp3) is 0.471. The van der Waals surface area contributed by atoms with Crippen LogP contribution in [0.4, 0.5) is 0 Å². The predicted octanol–water partition coefficient (Wildman–Crippen LogP) is 4.08. The van der Waals surface area contributed by atoms with Gasteiger partial charge in [-0.2, -0.15) is 0 Å². The lowest BCUT2D eigenvalue weighted by molar-refractivity contribution is 0.394. The lowest BCUT2D eigenvalue weighted by Crippen LogP contribution is -2.17. The molecule has 0 saturated heterocycles. The van der Waals surface area contributed by atoms with Crippen LogP contribution in [0.1, 0.15) is 38.1 Å². The smallest absolute Gasteiger partial charge is 0.109 e. The fourth-order valence-electron chi connectivity index (χ4n) is 2.88. The topological polar surface area (TPSA) is 17.8 Å². The SMILES string of the molecule is CCCc1ccc(-c2cn3c(n2)CCC(C)C3)cc1. The van der Waals surface area contributed by atoms with Crippen LogP contribution in [0.25, 0.3) is 11.3 Å². The van der Waals surface area contributed by atoms with Crippen molar-refractivity contribution in [3.05, 3.63) is 41.9 Å². The van der Waals surface area contributed by atoms with Gasteiger partial charge in [0.05, 0.1) is 5.69 Å². The van der Waals surface area contributed by atoms with Crippen LogP contribution >= 0.6 is 0 Å². The van der Waals surface area contributed by atoms with E-state index in [9.17, 15) is 0 Å². The van der Waals surface area contributed by atoms with Gasteiger partial charge in [-0.3, -0.25) is 0 Å². The zero-order valence-corrected chi connectivity index (χ0v) is 11.9. The summed E-state index contributed by atoms with van der Waals surface area (Å²) in [6.45, 7) is 5.66. The molecular weight excluding hydrogens is 232 g/mol. The van der Waals surface area contributed by atoms with Crippen molar-refractivity contribution in [2.24, 2.45) is 5.92 Å². The summed E-state index contributed by atoms with van der Waals surface area (Å²) in [4.78, 5) is 4.79. The molecule has 2 nitrogen and oxygen atoms in total. The van der Waals surface area contributed by atoms with Crippen LogP contribution in [0.3, 0.4) is 0 Å². The Morgan fingerprint density at radius 2 is 2.05 bits per heavy atom. The molecule has 0 spiro atoms. The molecule has 2 aromatic rings. The summed E-state index contributed by atoms with van der Waals surface area (Å²) in [6, 6.07) is 8.89. The second kappa shape index (κ2) is 5.20. The molecule has 2 heterocycles. The molecule has 1 aliphatic rings. The van der Waals surface area contributed by atoms with Gasteiger partial charge in [-0.05, 0) is 24.3 Å². The van der Waals surface area contributed by atoms with E-state index >= 15 is 0 Å². The molecule has 1 aromatic heterocycles. The first-order valence-electron chi connectivity index (χ1n) is 7.41. The van der Waals surface area contributed by atoms with E-state index in [-0.39, 0.29) is 0 Å². The Bertz CT molecular complexity index is 551. The summed E-state index contributed by atoms with van der Waals surface area (Å²) in [5.41, 5.74) is 3.80. The van der Waals surface area contributed by atoms with Gasteiger partial charge in [0, 0.05) is 24.7 Å². The first-order valence-corrected chi connectivity index (χ1v) is 7.41. The van der Waals surface area contributed by atoms with Gasteiger partial charge in [0.25, 0.3) is 0 Å². The van der Waals surface area contributed by atoms with Crippen molar-refractivity contribution < 1.29 is 0 Å². The molecule has 0 amide bonds. The van der Waals surface area contributed by atoms with Crippen molar-refractivity contribution in [2.45, 2.75) is 46.1 Å². The lowest BCUT2D eigenvalue weighted by Gasteiger charge is -2.19. The summed E-state index contributed by atoms with van der Waals surface area (Å²) >= 11 is 0. The fourth-order valence-corrected chi connectivity index (χ4v) is 2.88. The molecule has 0 fully saturated rings. The number of fused-ring (bicyclic) bond motifs is 1. The standard InChI is InChI=1S/C17H22N2/c1-3-4-14-6-8-15(9-7-14)16-12-19-11-13(2)5-10-17(19)18-16/h6-9,12-13H,3-5,10-11H2,1-2H3. The first-order chi connectivity index (χ1) is 9.26. The van der Waals surface area contributed by atoms with E-state index in [2.05, 4.69) is 48.9 Å². The first kappa shape index (κ1) is 12.5. The molecule has 3 rings (SSSR count). The molecule has 100 valence electrons. The van der Waals surface area contributed by atoms with E-state index in [1.807, 2.05) is 0 Å². The molecule has 0 saturated carbocycles. The molecule has 0 aliphatic carbocycles. The summed E-state index contributed by atoms with van der Waals surface area (Å²) in [6.07, 6.45) is 6.98. The Morgan fingerprint density at radius 1 is 1.26 bits per heavy atom. The van der Waals surface area contributed by atoms with Crippen LogP contribution in [0.5, 0.6) is 0 Å². The largest absolute Gasteiger partial charge is 0.334 e. The number of imidazole rings is 1. The van der Waals surface area contributed by atoms with Crippen LogP contribution in [0, 0.1) is 5.92 Å². The molecule has 2 heteroatoms. The van der Waals surface area contributed by atoms with Crippen molar-refractivity contribution in [1.82, 2.24) is 9.55 Å². The molecule has 0 radical (unpaired) electrons. The average Bonchev–Trinajstić information content (AvgIpc) is 2.83. The van der Waals surface area contributed by atoms with Gasteiger partial charge in [-0.1, -0.05) is 44.5 Å². The van der Waals surface area contributed by atoms with E-state index in [0.717, 1.165) is 31.0 Å². The highest BCUT2D eigenvalue weighted by molar-refractivity contribution is 5.59. The summed E-state index contributed by atoms with van der Waals surface area (Å²) < 4.78 is 2.34. The molecule has 1 atom stereocenters. The van der Waals surface area contributed by atoms with E-state index in [1.165, 1.54) is 29.8 Å². The third kappa shape index (κ3) is 2.58. The number of benzene rings is 1. The zero-order valence-electron chi connectivity index (χ0n) is 11.9. The van der Waals surface area contributed by atoms with Gasteiger partial charge in [-0.15, -0.1) is 0 Å². The Labute approximate surface area is 115 Å². The van der Waals surface area contributed by atoms with E-state index in [0.29, 0.717) is 0 Å². The molecule has 19 heavy (non-hydrogen) atoms. The minimum atomic E-state index is 0.779. The van der Waals surface area contributed by atoms with Gasteiger partial charge < -0.3 is 4.57 Å². The third-order valence-corrected chi connectivity index (χ3v) is 4.02.